The first-order chi connectivity index (χ1) is 14.6. The van der Waals surface area contributed by atoms with Gasteiger partial charge in [-0.2, -0.15) is 0 Å². The fourth-order valence-electron chi connectivity index (χ4n) is 4.10. The maximum absolute atomic E-state index is 12.7. The van der Waals surface area contributed by atoms with E-state index in [1.807, 2.05) is 46.2 Å². The van der Waals surface area contributed by atoms with Gasteiger partial charge in [0, 0.05) is 64.0 Å². The minimum atomic E-state index is -0.0717. The lowest BCUT2D eigenvalue weighted by molar-refractivity contribution is -0.128. The number of carbonyl (C=O) groups excluding carboxylic acids is 2. The van der Waals surface area contributed by atoms with Crippen LogP contribution in [-0.4, -0.2) is 59.6 Å². The number of anilines is 1. The lowest BCUT2D eigenvalue weighted by atomic mass is 10.1. The highest BCUT2D eigenvalue weighted by molar-refractivity contribution is 5.78. The summed E-state index contributed by atoms with van der Waals surface area (Å²) in [5, 5.41) is 12.7. The number of benzene rings is 2. The van der Waals surface area contributed by atoms with E-state index in [9.17, 15) is 14.7 Å². The SMILES string of the molecule is O=C1CCCN1Cc1ccccc1CNC(=O)N1CCN(c2cccc(O)c2)CC1. The van der Waals surface area contributed by atoms with E-state index in [0.29, 0.717) is 32.6 Å². The molecule has 2 saturated heterocycles. The Morgan fingerprint density at radius 1 is 0.967 bits per heavy atom. The van der Waals surface area contributed by atoms with Crippen LogP contribution in [0.1, 0.15) is 24.0 Å². The lowest BCUT2D eigenvalue weighted by Crippen LogP contribution is -2.51. The topological polar surface area (TPSA) is 76.1 Å². The zero-order valence-corrected chi connectivity index (χ0v) is 17.1. The second-order valence-electron chi connectivity index (χ2n) is 7.84. The second kappa shape index (κ2) is 9.07. The average molecular weight is 409 g/mol. The number of likely N-dealkylation sites (tertiary alicyclic amines) is 1. The lowest BCUT2D eigenvalue weighted by Gasteiger charge is -2.36. The van der Waals surface area contributed by atoms with Crippen LogP contribution >= 0.6 is 0 Å². The van der Waals surface area contributed by atoms with E-state index in [1.165, 1.54) is 0 Å². The molecule has 3 amide bonds. The minimum absolute atomic E-state index is 0.0717. The van der Waals surface area contributed by atoms with E-state index in [0.717, 1.165) is 42.9 Å². The maximum atomic E-state index is 12.7. The van der Waals surface area contributed by atoms with Crippen LogP contribution in [0.2, 0.25) is 0 Å². The predicted molar refractivity (Wildman–Crippen MR) is 115 cm³/mol. The Bertz CT molecular complexity index is 909. The second-order valence-corrected chi connectivity index (χ2v) is 7.84. The monoisotopic (exact) mass is 408 g/mol. The first-order valence-corrected chi connectivity index (χ1v) is 10.5. The summed E-state index contributed by atoms with van der Waals surface area (Å²) in [5.74, 6) is 0.459. The summed E-state index contributed by atoms with van der Waals surface area (Å²) < 4.78 is 0. The number of carbonyl (C=O) groups is 2. The number of urea groups is 1. The number of aromatic hydroxyl groups is 1. The van der Waals surface area contributed by atoms with E-state index < -0.39 is 0 Å². The Kier molecular flexibility index (Phi) is 6.07. The molecule has 0 radical (unpaired) electrons. The summed E-state index contributed by atoms with van der Waals surface area (Å²) in [6.07, 6.45) is 1.56. The molecular formula is C23H28N4O3. The molecule has 2 heterocycles. The Balaban J connectivity index is 1.30. The quantitative estimate of drug-likeness (QED) is 0.797. The van der Waals surface area contributed by atoms with Gasteiger partial charge < -0.3 is 25.1 Å². The van der Waals surface area contributed by atoms with Crippen molar-refractivity contribution in [1.82, 2.24) is 15.1 Å². The van der Waals surface area contributed by atoms with Crippen molar-refractivity contribution >= 4 is 17.6 Å². The molecule has 7 nitrogen and oxygen atoms in total. The summed E-state index contributed by atoms with van der Waals surface area (Å²) in [6.45, 7) is 4.58. The van der Waals surface area contributed by atoms with Crippen molar-refractivity contribution in [2.45, 2.75) is 25.9 Å². The van der Waals surface area contributed by atoms with Crippen LogP contribution in [0.3, 0.4) is 0 Å². The predicted octanol–water partition coefficient (Wildman–Crippen LogP) is 2.55. The van der Waals surface area contributed by atoms with Crippen molar-refractivity contribution < 1.29 is 14.7 Å². The van der Waals surface area contributed by atoms with Gasteiger partial charge in [0.2, 0.25) is 5.91 Å². The van der Waals surface area contributed by atoms with Gasteiger partial charge in [0.1, 0.15) is 5.75 Å². The van der Waals surface area contributed by atoms with Gasteiger partial charge in [0.15, 0.2) is 0 Å². The molecule has 2 N–H and O–H groups in total. The number of phenols is 1. The minimum Gasteiger partial charge on any atom is -0.508 e. The third-order valence-electron chi connectivity index (χ3n) is 5.84. The van der Waals surface area contributed by atoms with Gasteiger partial charge in [0.05, 0.1) is 0 Å². The molecule has 0 saturated carbocycles. The third-order valence-corrected chi connectivity index (χ3v) is 5.84. The summed E-state index contributed by atoms with van der Waals surface area (Å²) >= 11 is 0. The molecule has 158 valence electrons. The molecule has 30 heavy (non-hydrogen) atoms. The maximum Gasteiger partial charge on any atom is 0.317 e. The number of hydrogen-bond donors (Lipinski definition) is 2. The first-order valence-electron chi connectivity index (χ1n) is 10.5. The van der Waals surface area contributed by atoms with Gasteiger partial charge in [-0.25, -0.2) is 4.79 Å². The van der Waals surface area contributed by atoms with Crippen LogP contribution in [0, 0.1) is 0 Å². The normalized spacial score (nSPS) is 16.8. The zero-order valence-electron chi connectivity index (χ0n) is 17.1. The van der Waals surface area contributed by atoms with Gasteiger partial charge >= 0.3 is 6.03 Å². The Morgan fingerprint density at radius 2 is 1.73 bits per heavy atom. The molecule has 0 spiro atoms. The van der Waals surface area contributed by atoms with Crippen LogP contribution in [0.15, 0.2) is 48.5 Å². The van der Waals surface area contributed by atoms with Crippen molar-refractivity contribution in [3.63, 3.8) is 0 Å². The van der Waals surface area contributed by atoms with Crippen LogP contribution in [0.25, 0.3) is 0 Å². The largest absolute Gasteiger partial charge is 0.508 e. The van der Waals surface area contributed by atoms with E-state index in [-0.39, 0.29) is 17.7 Å². The highest BCUT2D eigenvalue weighted by Crippen LogP contribution is 2.21. The molecule has 0 atom stereocenters. The van der Waals surface area contributed by atoms with Gasteiger partial charge in [-0.05, 0) is 29.7 Å². The Hall–Kier alpha value is -3.22. The molecule has 2 fully saturated rings. The number of nitrogens with one attached hydrogen (secondary N) is 1. The van der Waals surface area contributed by atoms with Crippen molar-refractivity contribution in [1.29, 1.82) is 0 Å². The fraction of sp³-hybridized carbons (Fsp3) is 0.391. The number of hydrogen-bond acceptors (Lipinski definition) is 4. The Morgan fingerprint density at radius 3 is 2.43 bits per heavy atom. The molecular weight excluding hydrogens is 380 g/mol. The van der Waals surface area contributed by atoms with E-state index in [1.54, 1.807) is 12.1 Å². The van der Waals surface area contributed by atoms with Gasteiger partial charge in [-0.3, -0.25) is 4.79 Å². The summed E-state index contributed by atoms with van der Waals surface area (Å²) in [5.41, 5.74) is 3.10. The molecule has 2 aliphatic rings. The fourth-order valence-corrected chi connectivity index (χ4v) is 4.10. The molecule has 2 aromatic carbocycles. The van der Waals surface area contributed by atoms with Crippen molar-refractivity contribution in [2.24, 2.45) is 0 Å². The number of amides is 3. The third kappa shape index (κ3) is 4.67. The van der Waals surface area contributed by atoms with Gasteiger partial charge in [-0.15, -0.1) is 0 Å². The average Bonchev–Trinajstić information content (AvgIpc) is 3.17. The van der Waals surface area contributed by atoms with Gasteiger partial charge in [-0.1, -0.05) is 30.3 Å². The molecule has 0 bridgehead atoms. The first kappa shape index (κ1) is 20.1. The smallest absolute Gasteiger partial charge is 0.317 e. The molecule has 7 heteroatoms. The van der Waals surface area contributed by atoms with Crippen LogP contribution in [-0.2, 0) is 17.9 Å². The molecule has 0 aromatic heterocycles. The molecule has 0 unspecified atom stereocenters. The van der Waals surface area contributed by atoms with Crippen molar-refractivity contribution in [3.05, 3.63) is 59.7 Å². The number of piperazine rings is 1. The van der Waals surface area contributed by atoms with E-state index in [2.05, 4.69) is 10.2 Å². The van der Waals surface area contributed by atoms with E-state index >= 15 is 0 Å². The van der Waals surface area contributed by atoms with Crippen molar-refractivity contribution in [2.75, 3.05) is 37.6 Å². The number of phenolic OH excluding ortho intramolecular Hbond substituents is 1. The number of rotatable bonds is 5. The molecule has 4 rings (SSSR count). The summed E-state index contributed by atoms with van der Waals surface area (Å²) in [6, 6.07) is 15.1. The molecule has 2 aromatic rings. The zero-order chi connectivity index (χ0) is 20.9. The van der Waals surface area contributed by atoms with Crippen LogP contribution in [0.4, 0.5) is 10.5 Å². The molecule has 0 aliphatic carbocycles. The van der Waals surface area contributed by atoms with Crippen LogP contribution in [0.5, 0.6) is 5.75 Å². The van der Waals surface area contributed by atoms with Crippen LogP contribution < -0.4 is 10.2 Å². The highest BCUT2D eigenvalue weighted by Gasteiger charge is 2.23. The number of nitrogens with zero attached hydrogens (tertiary/aromatic N) is 3. The van der Waals surface area contributed by atoms with Gasteiger partial charge in [0.25, 0.3) is 0 Å². The van der Waals surface area contributed by atoms with Crippen molar-refractivity contribution in [3.8, 4) is 5.75 Å². The standard InChI is InChI=1S/C23H28N4O3/c28-21-8-3-7-20(15-21)25-11-13-26(14-12-25)23(30)24-16-18-5-1-2-6-19(18)17-27-10-4-9-22(27)29/h1-3,5-8,15,28H,4,9-14,16-17H2,(H,24,30). The summed E-state index contributed by atoms with van der Waals surface area (Å²) in [4.78, 5) is 30.5. The Labute approximate surface area is 176 Å². The highest BCUT2D eigenvalue weighted by atomic mass is 16.3. The molecule has 2 aliphatic heterocycles. The summed E-state index contributed by atoms with van der Waals surface area (Å²) in [7, 11) is 0. The van der Waals surface area contributed by atoms with E-state index in [4.69, 9.17) is 0 Å².